The summed E-state index contributed by atoms with van der Waals surface area (Å²) in [7, 11) is 0. The average molecular weight is 487 g/mol. The quantitative estimate of drug-likeness (QED) is 0.200. The lowest BCUT2D eigenvalue weighted by atomic mass is 10.0. The van der Waals surface area contributed by atoms with Crippen LogP contribution in [0.1, 0.15) is 32.6 Å². The Morgan fingerprint density at radius 3 is 2.84 bits per heavy atom. The topological polar surface area (TPSA) is 75.1 Å². The van der Waals surface area contributed by atoms with Crippen LogP contribution in [0.5, 0.6) is 0 Å². The highest BCUT2D eigenvalue weighted by molar-refractivity contribution is 14.0. The van der Waals surface area contributed by atoms with Crippen LogP contribution in [0.25, 0.3) is 0 Å². The highest BCUT2D eigenvalue weighted by Crippen LogP contribution is 2.27. The summed E-state index contributed by atoms with van der Waals surface area (Å²) in [5.74, 6) is 3.26. The van der Waals surface area contributed by atoms with E-state index in [0.29, 0.717) is 12.5 Å². The Balaban J connectivity index is 0.00000312. The summed E-state index contributed by atoms with van der Waals surface area (Å²) < 4.78 is 11.1. The predicted octanol–water partition coefficient (Wildman–Crippen LogP) is 1.86. The molecule has 2 aliphatic rings. The molecule has 2 rings (SSSR count). The van der Waals surface area contributed by atoms with Gasteiger partial charge in [-0.25, -0.2) is 0 Å². The summed E-state index contributed by atoms with van der Waals surface area (Å²) in [5, 5.41) is 16.9. The summed E-state index contributed by atoms with van der Waals surface area (Å²) in [6, 6.07) is 0. The van der Waals surface area contributed by atoms with E-state index in [1.807, 2.05) is 6.92 Å². The molecule has 2 saturated heterocycles. The number of nitrogens with one attached hydrogen (secondary N) is 2. The van der Waals surface area contributed by atoms with Gasteiger partial charge in [-0.15, -0.1) is 24.0 Å². The number of rotatable bonds is 9. The van der Waals surface area contributed by atoms with Gasteiger partial charge < -0.3 is 25.2 Å². The first-order valence-electron chi connectivity index (χ1n) is 9.20. The molecule has 25 heavy (non-hydrogen) atoms. The van der Waals surface area contributed by atoms with Gasteiger partial charge in [0, 0.05) is 45.3 Å². The third-order valence-corrected chi connectivity index (χ3v) is 5.64. The predicted molar refractivity (Wildman–Crippen MR) is 115 cm³/mol. The molecule has 0 aromatic heterocycles. The van der Waals surface area contributed by atoms with Crippen molar-refractivity contribution in [3.8, 4) is 0 Å². The molecule has 2 heterocycles. The highest BCUT2D eigenvalue weighted by Gasteiger charge is 2.31. The van der Waals surface area contributed by atoms with E-state index in [0.717, 1.165) is 82.7 Å². The first-order valence-corrected chi connectivity index (χ1v) is 10.3. The van der Waals surface area contributed by atoms with Gasteiger partial charge in [0.15, 0.2) is 5.96 Å². The second-order valence-electron chi connectivity index (χ2n) is 6.63. The third-order valence-electron chi connectivity index (χ3n) is 4.41. The monoisotopic (exact) mass is 487 g/mol. The maximum Gasteiger partial charge on any atom is 0.191 e. The molecule has 0 bridgehead atoms. The highest BCUT2D eigenvalue weighted by atomic mass is 127. The van der Waals surface area contributed by atoms with Crippen molar-refractivity contribution in [2.75, 3.05) is 57.6 Å². The molecule has 0 saturated carbocycles. The Kier molecular flexibility index (Phi) is 12.5. The minimum absolute atomic E-state index is 0. The molecule has 0 aromatic rings. The Hall–Kier alpha value is 0.230. The number of guanidine groups is 1. The fourth-order valence-corrected chi connectivity index (χ4v) is 4.12. The number of hydrogen-bond donors (Lipinski definition) is 3. The maximum absolute atomic E-state index is 10.4. The molecule has 8 heteroatoms. The minimum atomic E-state index is -0.625. The molecule has 6 nitrogen and oxygen atoms in total. The number of aliphatic imine (C=N–C) groups is 1. The summed E-state index contributed by atoms with van der Waals surface area (Å²) in [6.07, 6.45) is 4.03. The average Bonchev–Trinajstić information content (AvgIpc) is 3.03. The number of halogens is 1. The molecule has 0 radical (unpaired) electrons. The van der Waals surface area contributed by atoms with Gasteiger partial charge in [0.25, 0.3) is 0 Å². The van der Waals surface area contributed by atoms with Gasteiger partial charge in [-0.05, 0) is 44.3 Å². The second-order valence-corrected chi connectivity index (χ2v) is 7.74. The molecular formula is C17H34IN3O3S. The van der Waals surface area contributed by atoms with Crippen LogP contribution >= 0.6 is 35.7 Å². The lowest BCUT2D eigenvalue weighted by Gasteiger charge is -2.21. The normalized spacial score (nSPS) is 24.8. The van der Waals surface area contributed by atoms with E-state index in [1.165, 1.54) is 0 Å². The van der Waals surface area contributed by atoms with Crippen LogP contribution in [0.2, 0.25) is 0 Å². The van der Waals surface area contributed by atoms with Gasteiger partial charge in [-0.2, -0.15) is 11.8 Å². The molecule has 2 fully saturated rings. The first kappa shape index (κ1) is 23.3. The van der Waals surface area contributed by atoms with Crippen molar-refractivity contribution in [3.63, 3.8) is 0 Å². The lowest BCUT2D eigenvalue weighted by molar-refractivity contribution is 0.0203. The molecule has 1 atom stereocenters. The summed E-state index contributed by atoms with van der Waals surface area (Å²) in [6.45, 7) is 7.54. The van der Waals surface area contributed by atoms with Crippen molar-refractivity contribution in [1.29, 1.82) is 0 Å². The van der Waals surface area contributed by atoms with E-state index in [-0.39, 0.29) is 24.0 Å². The van der Waals surface area contributed by atoms with Crippen molar-refractivity contribution in [3.05, 3.63) is 0 Å². The summed E-state index contributed by atoms with van der Waals surface area (Å²) >= 11 is 1.80. The Labute approximate surface area is 173 Å². The third kappa shape index (κ3) is 9.65. The first-order chi connectivity index (χ1) is 11.7. The maximum atomic E-state index is 10.4. The minimum Gasteiger partial charge on any atom is -0.387 e. The van der Waals surface area contributed by atoms with Crippen LogP contribution in [-0.2, 0) is 9.47 Å². The molecule has 1 unspecified atom stereocenters. The van der Waals surface area contributed by atoms with E-state index in [1.54, 1.807) is 11.8 Å². The van der Waals surface area contributed by atoms with E-state index >= 15 is 0 Å². The number of hydrogen-bond acceptors (Lipinski definition) is 5. The van der Waals surface area contributed by atoms with Gasteiger partial charge in [-0.3, -0.25) is 4.99 Å². The van der Waals surface area contributed by atoms with Crippen LogP contribution < -0.4 is 10.6 Å². The molecule has 3 N–H and O–H groups in total. The van der Waals surface area contributed by atoms with Crippen LogP contribution in [0.15, 0.2) is 4.99 Å². The Morgan fingerprint density at radius 2 is 2.16 bits per heavy atom. The zero-order valence-electron chi connectivity index (χ0n) is 15.3. The van der Waals surface area contributed by atoms with Gasteiger partial charge in [0.05, 0.1) is 12.1 Å². The van der Waals surface area contributed by atoms with Crippen molar-refractivity contribution in [1.82, 2.24) is 10.6 Å². The van der Waals surface area contributed by atoms with Gasteiger partial charge >= 0.3 is 0 Å². The van der Waals surface area contributed by atoms with Gasteiger partial charge in [-0.1, -0.05) is 0 Å². The Morgan fingerprint density at radius 1 is 1.36 bits per heavy atom. The van der Waals surface area contributed by atoms with E-state index in [9.17, 15) is 5.11 Å². The molecule has 2 aliphatic heterocycles. The second kappa shape index (κ2) is 13.4. The number of aliphatic hydroxyl groups is 1. The van der Waals surface area contributed by atoms with E-state index in [4.69, 9.17) is 9.47 Å². The van der Waals surface area contributed by atoms with Crippen molar-refractivity contribution < 1.29 is 14.6 Å². The standard InChI is InChI=1S/C17H33N3O3S.HI/c1-2-18-16(20-13-17(21)6-11-24-14-17)19-7-3-8-23-12-15-4-9-22-10-5-15;/h15,21H,2-14H2,1H3,(H2,18,19,20);1H. The molecule has 0 amide bonds. The number of nitrogens with zero attached hydrogens (tertiary/aromatic N) is 1. The summed E-state index contributed by atoms with van der Waals surface area (Å²) in [5.41, 5.74) is -0.625. The largest absolute Gasteiger partial charge is 0.387 e. The van der Waals surface area contributed by atoms with Crippen molar-refractivity contribution in [2.45, 2.75) is 38.2 Å². The van der Waals surface area contributed by atoms with Crippen molar-refractivity contribution >= 4 is 41.7 Å². The van der Waals surface area contributed by atoms with Crippen LogP contribution in [0, 0.1) is 5.92 Å². The van der Waals surface area contributed by atoms with E-state index in [2.05, 4.69) is 15.6 Å². The van der Waals surface area contributed by atoms with Crippen LogP contribution in [-0.4, -0.2) is 74.2 Å². The zero-order chi connectivity index (χ0) is 17.1. The SMILES string of the molecule is CCNC(=NCC1(O)CCSC1)NCCCOCC1CCOCC1.I. The fourth-order valence-electron chi connectivity index (χ4n) is 2.83. The smallest absolute Gasteiger partial charge is 0.191 e. The van der Waals surface area contributed by atoms with E-state index < -0.39 is 5.60 Å². The molecule has 0 spiro atoms. The van der Waals surface area contributed by atoms with Gasteiger partial charge in [0.1, 0.15) is 0 Å². The zero-order valence-corrected chi connectivity index (χ0v) is 18.4. The molecule has 148 valence electrons. The molecular weight excluding hydrogens is 453 g/mol. The molecule has 0 aromatic carbocycles. The number of ether oxygens (including phenoxy) is 2. The van der Waals surface area contributed by atoms with Crippen LogP contribution in [0.4, 0.5) is 0 Å². The van der Waals surface area contributed by atoms with Gasteiger partial charge in [0.2, 0.25) is 0 Å². The number of thioether (sulfide) groups is 1. The van der Waals surface area contributed by atoms with Crippen molar-refractivity contribution in [2.24, 2.45) is 10.9 Å². The lowest BCUT2D eigenvalue weighted by Crippen LogP contribution is -2.40. The summed E-state index contributed by atoms with van der Waals surface area (Å²) in [4.78, 5) is 4.53. The van der Waals surface area contributed by atoms with Crippen LogP contribution in [0.3, 0.4) is 0 Å². The Bertz CT molecular complexity index is 376. The molecule has 0 aliphatic carbocycles. The fraction of sp³-hybridized carbons (Fsp3) is 0.941.